The van der Waals surface area contributed by atoms with Crippen LogP contribution in [0.5, 0.6) is 5.75 Å². The first-order valence-electron chi connectivity index (χ1n) is 7.05. The van der Waals surface area contributed by atoms with Crippen LogP contribution in [-0.2, 0) is 11.3 Å². The molecule has 0 bridgehead atoms. The maximum absolute atomic E-state index is 10.0. The van der Waals surface area contributed by atoms with Crippen molar-refractivity contribution in [3.63, 3.8) is 0 Å². The first-order valence-corrected chi connectivity index (χ1v) is 7.43. The number of benzene rings is 1. The number of nitrogens with zero attached hydrogens (tertiary/aromatic N) is 3. The summed E-state index contributed by atoms with van der Waals surface area (Å²) >= 11 is 6.15. The van der Waals surface area contributed by atoms with Crippen LogP contribution >= 0.6 is 11.6 Å². The third kappa shape index (κ3) is 2.80. The summed E-state index contributed by atoms with van der Waals surface area (Å²) in [4.78, 5) is 4.49. The second kappa shape index (κ2) is 6.37. The lowest BCUT2D eigenvalue weighted by molar-refractivity contribution is 0.234. The van der Waals surface area contributed by atoms with Crippen LogP contribution in [0.2, 0.25) is 5.02 Å². The molecule has 116 valence electrons. The fourth-order valence-corrected chi connectivity index (χ4v) is 2.65. The second-order valence-corrected chi connectivity index (χ2v) is 5.36. The topological polar surface area (TPSA) is 80.4 Å². The van der Waals surface area contributed by atoms with Gasteiger partial charge in [0, 0.05) is 5.57 Å². The fourth-order valence-electron chi connectivity index (χ4n) is 2.40. The summed E-state index contributed by atoms with van der Waals surface area (Å²) in [6.07, 6.45) is 3.42. The monoisotopic (exact) mass is 321 g/mol. The smallest absolute Gasteiger partial charge is 0.186 e. The first-order chi connectivity index (χ1) is 10.7. The summed E-state index contributed by atoms with van der Waals surface area (Å²) in [6.45, 7) is 0.944. The Bertz CT molecular complexity index is 692. The molecule has 2 aromatic rings. The first kappa shape index (κ1) is 14.9. The van der Waals surface area contributed by atoms with Gasteiger partial charge in [0.1, 0.15) is 5.75 Å². The van der Waals surface area contributed by atoms with Crippen molar-refractivity contribution in [3.8, 4) is 17.1 Å². The number of halogens is 1. The largest absolute Gasteiger partial charge is 0.507 e. The minimum absolute atomic E-state index is 0.0223. The van der Waals surface area contributed by atoms with E-state index < -0.39 is 0 Å². The summed E-state index contributed by atoms with van der Waals surface area (Å²) in [6, 6.07) is 4.87. The second-order valence-electron chi connectivity index (χ2n) is 4.96. The van der Waals surface area contributed by atoms with E-state index >= 15 is 0 Å². The maximum Gasteiger partial charge on any atom is 0.186 e. The lowest BCUT2D eigenvalue weighted by atomic mass is 10.1. The molecule has 0 spiro atoms. The van der Waals surface area contributed by atoms with Gasteiger partial charge in [-0.05, 0) is 25.0 Å². The van der Waals surface area contributed by atoms with Crippen molar-refractivity contribution < 1.29 is 14.9 Å². The van der Waals surface area contributed by atoms with Crippen LogP contribution in [0.25, 0.3) is 17.0 Å². The van der Waals surface area contributed by atoms with Gasteiger partial charge in [0.15, 0.2) is 11.6 Å². The Hall–Kier alpha value is -2.05. The van der Waals surface area contributed by atoms with Crippen molar-refractivity contribution in [1.29, 1.82) is 0 Å². The number of aliphatic hydroxyl groups excluding tert-OH is 1. The third-order valence-electron chi connectivity index (χ3n) is 3.42. The predicted octanol–water partition coefficient (Wildman–Crippen LogP) is 2.45. The van der Waals surface area contributed by atoms with Crippen LogP contribution in [-0.4, -0.2) is 38.2 Å². The van der Waals surface area contributed by atoms with E-state index in [-0.39, 0.29) is 12.4 Å². The van der Waals surface area contributed by atoms with Crippen LogP contribution in [0.4, 0.5) is 0 Å². The number of rotatable bonds is 4. The van der Waals surface area contributed by atoms with Gasteiger partial charge in [-0.2, -0.15) is 5.10 Å². The van der Waals surface area contributed by atoms with Crippen LogP contribution in [0.3, 0.4) is 0 Å². The molecule has 7 heteroatoms. The zero-order valence-corrected chi connectivity index (χ0v) is 12.6. The van der Waals surface area contributed by atoms with E-state index in [0.29, 0.717) is 35.4 Å². The molecular weight excluding hydrogens is 306 g/mol. The number of aliphatic hydroxyl groups is 1. The molecule has 6 nitrogen and oxygen atoms in total. The number of allylic oxidation sites excluding steroid dienone is 1. The molecule has 0 saturated carbocycles. The highest BCUT2D eigenvalue weighted by Crippen LogP contribution is 2.35. The van der Waals surface area contributed by atoms with Gasteiger partial charge in [0.05, 0.1) is 36.6 Å². The molecular formula is C15H16ClN3O3. The quantitative estimate of drug-likeness (QED) is 0.904. The molecule has 0 radical (unpaired) electrons. The van der Waals surface area contributed by atoms with E-state index in [0.717, 1.165) is 18.4 Å². The van der Waals surface area contributed by atoms with Crippen molar-refractivity contribution in [2.75, 3.05) is 13.2 Å². The lowest BCUT2D eigenvalue weighted by Gasteiger charge is -2.13. The van der Waals surface area contributed by atoms with Crippen LogP contribution in [0.15, 0.2) is 24.5 Å². The van der Waals surface area contributed by atoms with Crippen LogP contribution in [0, 0.1) is 0 Å². The van der Waals surface area contributed by atoms with Gasteiger partial charge in [-0.3, -0.25) is 0 Å². The van der Waals surface area contributed by atoms with Crippen LogP contribution < -0.4 is 0 Å². The highest BCUT2D eigenvalue weighted by atomic mass is 35.5. The van der Waals surface area contributed by atoms with E-state index in [4.69, 9.17) is 16.3 Å². The number of phenolic OH excluding ortho intramolecular Hbond substituents is 1. The fraction of sp³-hybridized carbons (Fsp3) is 0.333. The van der Waals surface area contributed by atoms with Gasteiger partial charge in [-0.25, -0.2) is 9.67 Å². The predicted molar refractivity (Wildman–Crippen MR) is 82.4 cm³/mol. The zero-order chi connectivity index (χ0) is 15.5. The summed E-state index contributed by atoms with van der Waals surface area (Å²) in [5.74, 6) is 0.982. The molecule has 22 heavy (non-hydrogen) atoms. The van der Waals surface area contributed by atoms with E-state index in [9.17, 15) is 10.2 Å². The number of aromatic nitrogens is 3. The van der Waals surface area contributed by atoms with Gasteiger partial charge >= 0.3 is 0 Å². The molecule has 0 fully saturated rings. The standard InChI is InChI=1S/C15H16ClN3O3/c16-11-4-1-5-12(21)13(11)14-17-15(19(18-14)6-7-20)10-3-2-8-22-9-10/h1,4-5,9,20-21H,2-3,6-8H2. The van der Waals surface area contributed by atoms with E-state index in [1.165, 1.54) is 6.07 Å². The molecule has 0 amide bonds. The van der Waals surface area contributed by atoms with E-state index in [1.54, 1.807) is 23.1 Å². The highest BCUT2D eigenvalue weighted by Gasteiger charge is 2.20. The minimum Gasteiger partial charge on any atom is -0.507 e. The zero-order valence-electron chi connectivity index (χ0n) is 11.9. The number of hydrogen-bond acceptors (Lipinski definition) is 5. The van der Waals surface area contributed by atoms with Gasteiger partial charge in [0.2, 0.25) is 0 Å². The molecule has 0 saturated heterocycles. The highest BCUT2D eigenvalue weighted by molar-refractivity contribution is 6.33. The third-order valence-corrected chi connectivity index (χ3v) is 3.73. The van der Waals surface area contributed by atoms with Crippen molar-refractivity contribution >= 4 is 17.2 Å². The Kier molecular flexibility index (Phi) is 4.31. The normalized spacial score (nSPS) is 14.5. The summed E-state index contributed by atoms with van der Waals surface area (Å²) in [5, 5.41) is 24.0. The lowest BCUT2D eigenvalue weighted by Crippen LogP contribution is -2.10. The Morgan fingerprint density at radius 2 is 2.23 bits per heavy atom. The molecule has 3 rings (SSSR count). The summed E-state index contributed by atoms with van der Waals surface area (Å²) < 4.78 is 6.96. The Labute approximate surface area is 132 Å². The molecule has 0 unspecified atom stereocenters. The molecule has 0 aliphatic carbocycles. The minimum atomic E-state index is -0.0571. The Morgan fingerprint density at radius 1 is 1.36 bits per heavy atom. The van der Waals surface area contributed by atoms with Crippen molar-refractivity contribution in [3.05, 3.63) is 35.3 Å². The van der Waals surface area contributed by atoms with Gasteiger partial charge < -0.3 is 14.9 Å². The van der Waals surface area contributed by atoms with Gasteiger partial charge in [-0.15, -0.1) is 0 Å². The Morgan fingerprint density at radius 3 is 2.91 bits per heavy atom. The van der Waals surface area contributed by atoms with Gasteiger partial charge in [-0.1, -0.05) is 17.7 Å². The SMILES string of the molecule is OCCn1nc(-c2c(O)cccc2Cl)nc1C1=COCCC1. The van der Waals surface area contributed by atoms with E-state index in [1.807, 2.05) is 0 Å². The summed E-state index contributed by atoms with van der Waals surface area (Å²) in [5.41, 5.74) is 1.31. The van der Waals surface area contributed by atoms with Crippen molar-refractivity contribution in [1.82, 2.24) is 14.8 Å². The number of hydrogen-bond donors (Lipinski definition) is 2. The molecule has 0 atom stereocenters. The molecule has 1 aromatic carbocycles. The molecule has 2 N–H and O–H groups in total. The molecule has 1 aromatic heterocycles. The van der Waals surface area contributed by atoms with Crippen LogP contribution in [0.1, 0.15) is 18.7 Å². The number of ether oxygens (including phenoxy) is 1. The average Bonchev–Trinajstić information content (AvgIpc) is 2.92. The molecule has 2 heterocycles. The Balaban J connectivity index is 2.08. The van der Waals surface area contributed by atoms with Crippen molar-refractivity contribution in [2.45, 2.75) is 19.4 Å². The number of aromatic hydroxyl groups is 1. The maximum atomic E-state index is 10.0. The average molecular weight is 322 g/mol. The summed E-state index contributed by atoms with van der Waals surface area (Å²) in [7, 11) is 0. The van der Waals surface area contributed by atoms with E-state index in [2.05, 4.69) is 10.1 Å². The number of phenols is 1. The molecule has 1 aliphatic heterocycles. The molecule has 1 aliphatic rings. The van der Waals surface area contributed by atoms with Gasteiger partial charge in [0.25, 0.3) is 0 Å². The van der Waals surface area contributed by atoms with Crippen molar-refractivity contribution in [2.24, 2.45) is 0 Å².